The zero-order valence-electron chi connectivity index (χ0n) is 9.77. The lowest BCUT2D eigenvalue weighted by Gasteiger charge is -2.03. The first-order valence-corrected chi connectivity index (χ1v) is 5.79. The molecule has 0 atom stereocenters. The Morgan fingerprint density at radius 2 is 2.06 bits per heavy atom. The van der Waals surface area contributed by atoms with Crippen LogP contribution in [0.4, 0.5) is 0 Å². The number of amides is 1. The van der Waals surface area contributed by atoms with Crippen LogP contribution in [0.2, 0.25) is 5.02 Å². The highest BCUT2D eigenvalue weighted by atomic mass is 35.5. The summed E-state index contributed by atoms with van der Waals surface area (Å²) in [6, 6.07) is 10.8. The predicted octanol–water partition coefficient (Wildman–Crippen LogP) is 2.82. The normalized spacial score (nSPS) is 11.3. The van der Waals surface area contributed by atoms with E-state index in [1.165, 1.54) is 0 Å². The zero-order valence-corrected chi connectivity index (χ0v) is 10.5. The lowest BCUT2D eigenvalue weighted by Crippen LogP contribution is -2.19. The van der Waals surface area contributed by atoms with Gasteiger partial charge in [0.15, 0.2) is 0 Å². The van der Waals surface area contributed by atoms with Crippen LogP contribution < -0.4 is 5.43 Å². The van der Waals surface area contributed by atoms with Gasteiger partial charge in [-0.1, -0.05) is 29.8 Å². The Labute approximate surface area is 110 Å². The van der Waals surface area contributed by atoms with Gasteiger partial charge in [0.25, 0.3) is 5.91 Å². The van der Waals surface area contributed by atoms with Crippen LogP contribution in [-0.2, 0) is 0 Å². The van der Waals surface area contributed by atoms with Crippen LogP contribution in [0.15, 0.2) is 47.7 Å². The summed E-state index contributed by atoms with van der Waals surface area (Å²) in [4.78, 5) is 14.4. The van der Waals surface area contributed by atoms with Crippen molar-refractivity contribution in [3.63, 3.8) is 0 Å². The summed E-state index contributed by atoms with van der Waals surface area (Å²) < 4.78 is 0. The number of nitrogens with one attached hydrogen (secondary N) is 2. The molecule has 0 fully saturated rings. The second-order valence-electron chi connectivity index (χ2n) is 3.70. The van der Waals surface area contributed by atoms with Crippen LogP contribution in [0.1, 0.15) is 23.0 Å². The first kappa shape index (κ1) is 12.4. The maximum atomic E-state index is 11.6. The third kappa shape index (κ3) is 2.78. The molecule has 0 spiro atoms. The average Bonchev–Trinajstić information content (AvgIpc) is 2.90. The van der Waals surface area contributed by atoms with Crippen LogP contribution in [0, 0.1) is 0 Å². The van der Waals surface area contributed by atoms with E-state index in [1.807, 2.05) is 18.2 Å². The van der Waals surface area contributed by atoms with Gasteiger partial charge in [0, 0.05) is 16.8 Å². The number of aromatic nitrogens is 1. The topological polar surface area (TPSA) is 57.2 Å². The van der Waals surface area contributed by atoms with Gasteiger partial charge in [-0.25, -0.2) is 5.43 Å². The number of rotatable bonds is 3. The summed E-state index contributed by atoms with van der Waals surface area (Å²) in [5.41, 5.74) is 4.38. The largest absolute Gasteiger partial charge is 0.357 e. The minimum absolute atomic E-state index is 0.286. The van der Waals surface area contributed by atoms with Crippen molar-refractivity contribution in [2.24, 2.45) is 5.10 Å². The number of carbonyl (C=O) groups is 1. The third-order valence-corrected chi connectivity index (χ3v) is 2.76. The highest BCUT2D eigenvalue weighted by molar-refractivity contribution is 6.34. The quantitative estimate of drug-likeness (QED) is 0.648. The number of hydrogen-bond donors (Lipinski definition) is 2. The van der Waals surface area contributed by atoms with Crippen LogP contribution >= 0.6 is 11.6 Å². The molecule has 2 aromatic rings. The van der Waals surface area contributed by atoms with E-state index in [0.29, 0.717) is 16.4 Å². The molecule has 0 unspecified atom stereocenters. The summed E-state index contributed by atoms with van der Waals surface area (Å²) >= 11 is 6.03. The molecule has 0 bridgehead atoms. The molecule has 1 aromatic heterocycles. The van der Waals surface area contributed by atoms with Crippen molar-refractivity contribution < 1.29 is 4.79 Å². The van der Waals surface area contributed by atoms with Gasteiger partial charge in [0.05, 0.1) is 5.71 Å². The molecule has 92 valence electrons. The van der Waals surface area contributed by atoms with Gasteiger partial charge >= 0.3 is 0 Å². The van der Waals surface area contributed by atoms with Crippen LogP contribution in [0.5, 0.6) is 0 Å². The molecule has 2 rings (SSSR count). The molecule has 5 heteroatoms. The van der Waals surface area contributed by atoms with Crippen molar-refractivity contribution in [1.29, 1.82) is 0 Å². The predicted molar refractivity (Wildman–Crippen MR) is 71.9 cm³/mol. The average molecular weight is 262 g/mol. The Morgan fingerprint density at radius 1 is 1.28 bits per heavy atom. The van der Waals surface area contributed by atoms with E-state index in [1.54, 1.807) is 31.3 Å². The molecule has 4 nitrogen and oxygen atoms in total. The number of halogens is 1. The minimum Gasteiger partial charge on any atom is -0.357 e. The van der Waals surface area contributed by atoms with Gasteiger partial charge in [0.2, 0.25) is 0 Å². The maximum Gasteiger partial charge on any atom is 0.287 e. The molecule has 1 aromatic carbocycles. The number of H-pyrrole nitrogens is 1. The standard InChI is InChI=1S/C13H12ClN3O/c1-9(10-5-2-3-6-11(10)14)16-17-13(18)12-7-4-8-15-12/h2-8,15H,1H3,(H,17,18)/b16-9-. The van der Waals surface area contributed by atoms with Crippen molar-refractivity contribution in [2.75, 3.05) is 0 Å². The van der Waals surface area contributed by atoms with Gasteiger partial charge in [-0.05, 0) is 25.1 Å². The Hall–Kier alpha value is -2.07. The van der Waals surface area contributed by atoms with Crippen molar-refractivity contribution in [1.82, 2.24) is 10.4 Å². The second-order valence-corrected chi connectivity index (χ2v) is 4.11. The number of nitrogens with zero attached hydrogens (tertiary/aromatic N) is 1. The van der Waals surface area contributed by atoms with E-state index in [9.17, 15) is 4.79 Å². The number of carbonyl (C=O) groups excluding carboxylic acids is 1. The van der Waals surface area contributed by atoms with Crippen molar-refractivity contribution in [3.8, 4) is 0 Å². The van der Waals surface area contributed by atoms with Crippen molar-refractivity contribution in [2.45, 2.75) is 6.92 Å². The Kier molecular flexibility index (Phi) is 3.79. The monoisotopic (exact) mass is 261 g/mol. The summed E-state index contributed by atoms with van der Waals surface area (Å²) in [5, 5.41) is 4.63. The fraction of sp³-hybridized carbons (Fsp3) is 0.0769. The minimum atomic E-state index is -0.286. The second kappa shape index (κ2) is 5.51. The van der Waals surface area contributed by atoms with Crippen LogP contribution in [0.25, 0.3) is 0 Å². The molecule has 0 aliphatic heterocycles. The SMILES string of the molecule is C/C(=N/NC(=O)c1ccc[nH]1)c1ccccc1Cl. The highest BCUT2D eigenvalue weighted by Crippen LogP contribution is 2.15. The molecular weight excluding hydrogens is 250 g/mol. The number of aromatic amines is 1. The van der Waals surface area contributed by atoms with Crippen molar-refractivity contribution in [3.05, 3.63) is 58.9 Å². The fourth-order valence-electron chi connectivity index (χ4n) is 1.48. The van der Waals surface area contributed by atoms with E-state index in [2.05, 4.69) is 15.5 Å². The summed E-state index contributed by atoms with van der Waals surface area (Å²) in [6.45, 7) is 1.79. The molecule has 18 heavy (non-hydrogen) atoms. The Bertz CT molecular complexity index is 576. The molecule has 0 saturated heterocycles. The Balaban J connectivity index is 2.11. The molecule has 0 radical (unpaired) electrons. The third-order valence-electron chi connectivity index (χ3n) is 2.43. The summed E-state index contributed by atoms with van der Waals surface area (Å²) in [5.74, 6) is -0.286. The lowest BCUT2D eigenvalue weighted by molar-refractivity contribution is 0.0950. The van der Waals surface area contributed by atoms with E-state index in [0.717, 1.165) is 5.56 Å². The van der Waals surface area contributed by atoms with Gasteiger partial charge in [0.1, 0.15) is 5.69 Å². The van der Waals surface area contributed by atoms with Gasteiger partial charge < -0.3 is 4.98 Å². The van der Waals surface area contributed by atoms with Crippen molar-refractivity contribution >= 4 is 23.2 Å². The lowest BCUT2D eigenvalue weighted by atomic mass is 10.1. The smallest absolute Gasteiger partial charge is 0.287 e. The van der Waals surface area contributed by atoms with Gasteiger partial charge in [-0.3, -0.25) is 4.79 Å². The number of benzene rings is 1. The summed E-state index contributed by atoms with van der Waals surface area (Å²) in [6.07, 6.45) is 1.68. The molecular formula is C13H12ClN3O. The molecule has 2 N–H and O–H groups in total. The summed E-state index contributed by atoms with van der Waals surface area (Å²) in [7, 11) is 0. The van der Waals surface area contributed by atoms with E-state index in [4.69, 9.17) is 11.6 Å². The maximum absolute atomic E-state index is 11.6. The molecule has 1 heterocycles. The van der Waals surface area contributed by atoms with Crippen LogP contribution in [-0.4, -0.2) is 16.6 Å². The molecule has 0 saturated carbocycles. The highest BCUT2D eigenvalue weighted by Gasteiger charge is 2.06. The number of hydrazone groups is 1. The molecule has 0 aliphatic rings. The Morgan fingerprint density at radius 3 is 2.72 bits per heavy atom. The number of hydrogen-bond acceptors (Lipinski definition) is 2. The molecule has 1 amide bonds. The first-order valence-electron chi connectivity index (χ1n) is 5.41. The van der Waals surface area contributed by atoms with Crippen LogP contribution in [0.3, 0.4) is 0 Å². The zero-order chi connectivity index (χ0) is 13.0. The first-order chi connectivity index (χ1) is 8.68. The van der Waals surface area contributed by atoms with E-state index < -0.39 is 0 Å². The van der Waals surface area contributed by atoms with Gasteiger partial charge in [-0.2, -0.15) is 5.10 Å². The fourth-order valence-corrected chi connectivity index (χ4v) is 1.75. The van der Waals surface area contributed by atoms with E-state index >= 15 is 0 Å². The van der Waals surface area contributed by atoms with E-state index in [-0.39, 0.29) is 5.91 Å². The van der Waals surface area contributed by atoms with Gasteiger partial charge in [-0.15, -0.1) is 0 Å². The molecule has 0 aliphatic carbocycles.